The lowest BCUT2D eigenvalue weighted by Crippen LogP contribution is -2.12. The first-order chi connectivity index (χ1) is 8.69. The van der Waals surface area contributed by atoms with Gasteiger partial charge in [-0.3, -0.25) is 4.79 Å². The molecule has 0 fully saturated rings. The van der Waals surface area contributed by atoms with E-state index >= 15 is 0 Å². The van der Waals surface area contributed by atoms with Gasteiger partial charge >= 0.3 is 0 Å². The summed E-state index contributed by atoms with van der Waals surface area (Å²) < 4.78 is 12.9. The molecule has 4 nitrogen and oxygen atoms in total. The standard InChI is InChI=1S/C13H8FN3O/c14-12-7-10(4-5-16-12)13(18)17-11-3-1-2-9(6-11)8-15/h1-7H,(H,17,18). The van der Waals surface area contributed by atoms with Crippen molar-refractivity contribution in [2.75, 3.05) is 5.32 Å². The second-order valence-corrected chi connectivity index (χ2v) is 3.51. The quantitative estimate of drug-likeness (QED) is 0.820. The number of rotatable bonds is 2. The van der Waals surface area contributed by atoms with Gasteiger partial charge in [-0.25, -0.2) is 4.98 Å². The summed E-state index contributed by atoms with van der Waals surface area (Å²) in [7, 11) is 0. The van der Waals surface area contributed by atoms with E-state index in [0.29, 0.717) is 11.3 Å². The van der Waals surface area contributed by atoms with Crippen LogP contribution in [0.5, 0.6) is 0 Å². The molecule has 1 amide bonds. The molecule has 2 aromatic rings. The Bertz CT molecular complexity index is 634. The van der Waals surface area contributed by atoms with Crippen LogP contribution in [0.25, 0.3) is 0 Å². The molecule has 0 unspecified atom stereocenters. The molecular weight excluding hydrogens is 233 g/mol. The average Bonchev–Trinajstić information content (AvgIpc) is 2.39. The second-order valence-electron chi connectivity index (χ2n) is 3.51. The summed E-state index contributed by atoms with van der Waals surface area (Å²) in [5.74, 6) is -1.17. The number of carbonyl (C=O) groups is 1. The van der Waals surface area contributed by atoms with Gasteiger partial charge in [0, 0.05) is 23.5 Å². The molecule has 0 bridgehead atoms. The number of halogens is 1. The molecule has 0 spiro atoms. The van der Waals surface area contributed by atoms with Gasteiger partial charge in [0.2, 0.25) is 5.95 Å². The van der Waals surface area contributed by atoms with Gasteiger partial charge in [0.1, 0.15) is 0 Å². The highest BCUT2D eigenvalue weighted by Gasteiger charge is 2.07. The Kier molecular flexibility index (Phi) is 3.30. The van der Waals surface area contributed by atoms with Crippen LogP contribution < -0.4 is 5.32 Å². The first-order valence-electron chi connectivity index (χ1n) is 5.12. The van der Waals surface area contributed by atoms with Crippen LogP contribution in [-0.4, -0.2) is 10.9 Å². The maximum atomic E-state index is 12.9. The number of aromatic nitrogens is 1. The van der Waals surface area contributed by atoms with E-state index < -0.39 is 11.9 Å². The maximum Gasteiger partial charge on any atom is 0.255 e. The molecule has 0 saturated heterocycles. The fourth-order valence-electron chi connectivity index (χ4n) is 1.41. The van der Waals surface area contributed by atoms with E-state index in [2.05, 4.69) is 10.3 Å². The summed E-state index contributed by atoms with van der Waals surface area (Å²) in [5, 5.41) is 11.3. The lowest BCUT2D eigenvalue weighted by atomic mass is 10.2. The fourth-order valence-corrected chi connectivity index (χ4v) is 1.41. The summed E-state index contributed by atoms with van der Waals surface area (Å²) in [5.41, 5.74) is 1.09. The van der Waals surface area contributed by atoms with Gasteiger partial charge in [0.25, 0.3) is 5.91 Å². The van der Waals surface area contributed by atoms with E-state index in [-0.39, 0.29) is 5.56 Å². The molecule has 88 valence electrons. The molecule has 0 aliphatic rings. The minimum absolute atomic E-state index is 0.171. The van der Waals surface area contributed by atoms with Gasteiger partial charge in [0.05, 0.1) is 11.6 Å². The summed E-state index contributed by atoms with van der Waals surface area (Å²) in [4.78, 5) is 15.1. The molecule has 1 aromatic carbocycles. The Morgan fingerprint density at radius 3 is 2.89 bits per heavy atom. The van der Waals surface area contributed by atoms with Crippen LogP contribution in [-0.2, 0) is 0 Å². The molecule has 1 aromatic heterocycles. The monoisotopic (exact) mass is 241 g/mol. The van der Waals surface area contributed by atoms with Crippen molar-refractivity contribution in [2.45, 2.75) is 0 Å². The number of anilines is 1. The molecule has 1 N–H and O–H groups in total. The number of nitriles is 1. The van der Waals surface area contributed by atoms with Crippen LogP contribution in [0.3, 0.4) is 0 Å². The Morgan fingerprint density at radius 1 is 1.33 bits per heavy atom. The lowest BCUT2D eigenvalue weighted by Gasteiger charge is -2.05. The Balaban J connectivity index is 2.19. The molecular formula is C13H8FN3O. The van der Waals surface area contributed by atoms with Gasteiger partial charge in [-0.15, -0.1) is 0 Å². The fraction of sp³-hybridized carbons (Fsp3) is 0. The largest absolute Gasteiger partial charge is 0.322 e. The van der Waals surface area contributed by atoms with E-state index in [9.17, 15) is 9.18 Å². The minimum atomic E-state index is -0.714. The molecule has 0 radical (unpaired) electrons. The van der Waals surface area contributed by atoms with Crippen LogP contribution in [0.15, 0.2) is 42.6 Å². The normalized spacial score (nSPS) is 9.56. The number of nitrogens with zero attached hydrogens (tertiary/aromatic N) is 2. The van der Waals surface area contributed by atoms with Crippen molar-refractivity contribution < 1.29 is 9.18 Å². The first kappa shape index (κ1) is 11.7. The number of hydrogen-bond donors (Lipinski definition) is 1. The predicted molar refractivity (Wildman–Crippen MR) is 63.3 cm³/mol. The Morgan fingerprint density at radius 2 is 2.17 bits per heavy atom. The molecule has 1 heterocycles. The molecule has 0 atom stereocenters. The Labute approximate surface area is 103 Å². The zero-order valence-corrected chi connectivity index (χ0v) is 9.22. The van der Waals surface area contributed by atoms with Gasteiger partial charge in [-0.1, -0.05) is 6.07 Å². The van der Waals surface area contributed by atoms with Crippen LogP contribution in [0, 0.1) is 17.3 Å². The van der Waals surface area contributed by atoms with Crippen molar-refractivity contribution in [3.8, 4) is 6.07 Å². The van der Waals surface area contributed by atoms with Crippen LogP contribution in [0.4, 0.5) is 10.1 Å². The maximum absolute atomic E-state index is 12.9. The summed E-state index contributed by atoms with van der Waals surface area (Å²) in [6.45, 7) is 0. The number of carbonyl (C=O) groups excluding carboxylic acids is 1. The Hall–Kier alpha value is -2.74. The van der Waals surface area contributed by atoms with Crippen molar-refractivity contribution in [1.29, 1.82) is 5.26 Å². The van der Waals surface area contributed by atoms with Gasteiger partial charge < -0.3 is 5.32 Å². The molecule has 2 rings (SSSR count). The van der Waals surface area contributed by atoms with E-state index in [1.807, 2.05) is 6.07 Å². The molecule has 0 aliphatic heterocycles. The topological polar surface area (TPSA) is 65.8 Å². The predicted octanol–water partition coefficient (Wildman–Crippen LogP) is 2.34. The molecule has 5 heteroatoms. The van der Waals surface area contributed by atoms with Gasteiger partial charge in [-0.05, 0) is 24.3 Å². The smallest absolute Gasteiger partial charge is 0.255 e. The van der Waals surface area contributed by atoms with Crippen LogP contribution >= 0.6 is 0 Å². The number of nitrogens with one attached hydrogen (secondary N) is 1. The summed E-state index contributed by atoms with van der Waals surface area (Å²) in [6, 6.07) is 10.9. The number of pyridine rings is 1. The van der Waals surface area contributed by atoms with Crippen LogP contribution in [0.1, 0.15) is 15.9 Å². The highest BCUT2D eigenvalue weighted by Crippen LogP contribution is 2.11. The SMILES string of the molecule is N#Cc1cccc(NC(=O)c2ccnc(F)c2)c1. The number of amides is 1. The third kappa shape index (κ3) is 2.68. The number of hydrogen-bond acceptors (Lipinski definition) is 3. The summed E-state index contributed by atoms with van der Waals surface area (Å²) >= 11 is 0. The third-order valence-corrected chi connectivity index (χ3v) is 2.24. The van der Waals surface area contributed by atoms with Crippen molar-refractivity contribution >= 4 is 11.6 Å². The van der Waals surface area contributed by atoms with Crippen molar-refractivity contribution in [3.63, 3.8) is 0 Å². The number of benzene rings is 1. The summed E-state index contributed by atoms with van der Waals surface area (Å²) in [6.07, 6.45) is 1.22. The molecule has 0 saturated carbocycles. The second kappa shape index (κ2) is 5.06. The van der Waals surface area contributed by atoms with E-state index in [0.717, 1.165) is 6.07 Å². The highest BCUT2D eigenvalue weighted by molar-refractivity contribution is 6.04. The zero-order valence-electron chi connectivity index (χ0n) is 9.22. The third-order valence-electron chi connectivity index (χ3n) is 2.24. The molecule has 0 aliphatic carbocycles. The van der Waals surface area contributed by atoms with E-state index in [1.165, 1.54) is 18.3 Å². The van der Waals surface area contributed by atoms with Gasteiger partial charge in [-0.2, -0.15) is 9.65 Å². The van der Waals surface area contributed by atoms with Crippen molar-refractivity contribution in [3.05, 3.63) is 59.7 Å². The van der Waals surface area contributed by atoms with Crippen molar-refractivity contribution in [1.82, 2.24) is 4.98 Å². The zero-order chi connectivity index (χ0) is 13.0. The van der Waals surface area contributed by atoms with Gasteiger partial charge in [0.15, 0.2) is 0 Å². The lowest BCUT2D eigenvalue weighted by molar-refractivity contribution is 0.102. The van der Waals surface area contributed by atoms with E-state index in [4.69, 9.17) is 5.26 Å². The van der Waals surface area contributed by atoms with E-state index in [1.54, 1.807) is 18.2 Å². The van der Waals surface area contributed by atoms with Crippen molar-refractivity contribution in [2.24, 2.45) is 0 Å². The molecule has 18 heavy (non-hydrogen) atoms. The average molecular weight is 241 g/mol. The first-order valence-corrected chi connectivity index (χ1v) is 5.12. The highest BCUT2D eigenvalue weighted by atomic mass is 19.1. The minimum Gasteiger partial charge on any atom is -0.322 e. The van der Waals surface area contributed by atoms with Crippen LogP contribution in [0.2, 0.25) is 0 Å².